The molecule has 1 heterocycles. The Kier molecular flexibility index (Phi) is 3.88. The lowest BCUT2D eigenvalue weighted by atomic mass is 9.76. The molecule has 19 heavy (non-hydrogen) atoms. The highest BCUT2D eigenvalue weighted by molar-refractivity contribution is 6.06. The first-order chi connectivity index (χ1) is 9.17. The van der Waals surface area contributed by atoms with E-state index in [1.54, 1.807) is 6.21 Å². The van der Waals surface area contributed by atoms with Crippen LogP contribution in [-0.4, -0.2) is 18.7 Å². The Balaban J connectivity index is 2.39. The molecule has 1 aliphatic rings. The Hall–Kier alpha value is -1.84. The van der Waals surface area contributed by atoms with E-state index >= 15 is 0 Å². The Morgan fingerprint density at radius 1 is 1.32 bits per heavy atom. The van der Waals surface area contributed by atoms with Gasteiger partial charge in [-0.05, 0) is 43.0 Å². The SMILES string of the molecule is CCN/N=C/c1ccc2c(c1)C(CC)(CC)C(=O)N2. The van der Waals surface area contributed by atoms with Crippen LogP contribution in [0.4, 0.5) is 5.69 Å². The van der Waals surface area contributed by atoms with Gasteiger partial charge >= 0.3 is 0 Å². The molecule has 0 fully saturated rings. The van der Waals surface area contributed by atoms with Gasteiger partial charge in [-0.2, -0.15) is 5.10 Å². The standard InChI is InChI=1S/C15H21N3O/c1-4-15(5-2)12-9-11(10-17-16-6-3)7-8-13(12)18-14(15)19/h7-10,16H,4-6H2,1-3H3,(H,18,19)/b17-10+. The Morgan fingerprint density at radius 3 is 2.68 bits per heavy atom. The summed E-state index contributed by atoms with van der Waals surface area (Å²) >= 11 is 0. The molecule has 2 rings (SSSR count). The van der Waals surface area contributed by atoms with Crippen LogP contribution >= 0.6 is 0 Å². The van der Waals surface area contributed by atoms with Gasteiger partial charge in [0, 0.05) is 12.2 Å². The molecule has 0 unspecified atom stereocenters. The zero-order valence-corrected chi connectivity index (χ0v) is 11.8. The second kappa shape index (κ2) is 5.43. The minimum Gasteiger partial charge on any atom is -0.325 e. The van der Waals surface area contributed by atoms with E-state index in [-0.39, 0.29) is 11.3 Å². The average molecular weight is 259 g/mol. The normalized spacial score (nSPS) is 16.5. The van der Waals surface area contributed by atoms with E-state index in [1.807, 2.05) is 19.1 Å². The predicted molar refractivity (Wildman–Crippen MR) is 78.6 cm³/mol. The van der Waals surface area contributed by atoms with E-state index in [1.165, 1.54) is 0 Å². The summed E-state index contributed by atoms with van der Waals surface area (Å²) < 4.78 is 0. The van der Waals surface area contributed by atoms with Gasteiger partial charge in [-0.3, -0.25) is 4.79 Å². The van der Waals surface area contributed by atoms with Crippen LogP contribution in [0.15, 0.2) is 23.3 Å². The summed E-state index contributed by atoms with van der Waals surface area (Å²) in [5, 5.41) is 7.11. The molecule has 0 bridgehead atoms. The number of hydrazone groups is 1. The van der Waals surface area contributed by atoms with Crippen molar-refractivity contribution in [1.82, 2.24) is 5.43 Å². The summed E-state index contributed by atoms with van der Waals surface area (Å²) in [5.74, 6) is 0.119. The smallest absolute Gasteiger partial charge is 0.235 e. The van der Waals surface area contributed by atoms with Crippen LogP contribution in [0.25, 0.3) is 0 Å². The second-order valence-electron chi connectivity index (χ2n) is 4.82. The number of rotatable bonds is 5. The van der Waals surface area contributed by atoms with E-state index in [4.69, 9.17) is 0 Å². The van der Waals surface area contributed by atoms with Crippen molar-refractivity contribution < 1.29 is 4.79 Å². The molecule has 0 spiro atoms. The van der Waals surface area contributed by atoms with Crippen molar-refractivity contribution in [3.05, 3.63) is 29.3 Å². The third kappa shape index (κ3) is 2.23. The number of amides is 1. The van der Waals surface area contributed by atoms with Gasteiger partial charge in [0.2, 0.25) is 5.91 Å². The fraction of sp³-hybridized carbons (Fsp3) is 0.467. The summed E-state index contributed by atoms with van der Waals surface area (Å²) in [4.78, 5) is 12.2. The predicted octanol–water partition coefficient (Wildman–Crippen LogP) is 2.64. The molecule has 2 N–H and O–H groups in total. The first kappa shape index (κ1) is 13.6. The summed E-state index contributed by atoms with van der Waals surface area (Å²) in [5.41, 5.74) is 5.59. The maximum atomic E-state index is 12.2. The summed E-state index contributed by atoms with van der Waals surface area (Å²) in [6.07, 6.45) is 3.43. The van der Waals surface area contributed by atoms with E-state index in [0.717, 1.165) is 36.2 Å². The number of benzene rings is 1. The topological polar surface area (TPSA) is 53.5 Å². The van der Waals surface area contributed by atoms with Crippen molar-refractivity contribution in [2.45, 2.75) is 39.0 Å². The summed E-state index contributed by atoms with van der Waals surface area (Å²) in [6.45, 7) is 6.94. The van der Waals surface area contributed by atoms with Gasteiger partial charge in [-0.15, -0.1) is 0 Å². The zero-order chi connectivity index (χ0) is 13.9. The van der Waals surface area contributed by atoms with Crippen LogP contribution in [0.5, 0.6) is 0 Å². The molecule has 4 nitrogen and oxygen atoms in total. The van der Waals surface area contributed by atoms with E-state index in [9.17, 15) is 4.79 Å². The van der Waals surface area contributed by atoms with E-state index in [0.29, 0.717) is 0 Å². The molecule has 0 saturated heterocycles. The summed E-state index contributed by atoms with van der Waals surface area (Å²) in [6, 6.07) is 6.01. The molecule has 0 radical (unpaired) electrons. The van der Waals surface area contributed by atoms with Crippen molar-refractivity contribution in [1.29, 1.82) is 0 Å². The molecule has 102 valence electrons. The Labute approximate surface area is 114 Å². The fourth-order valence-corrected chi connectivity index (χ4v) is 2.67. The highest BCUT2D eigenvalue weighted by Gasteiger charge is 2.43. The molecule has 0 atom stereocenters. The maximum Gasteiger partial charge on any atom is 0.235 e. The van der Waals surface area contributed by atoms with Crippen LogP contribution in [-0.2, 0) is 10.2 Å². The maximum absolute atomic E-state index is 12.2. The van der Waals surface area contributed by atoms with Gasteiger partial charge < -0.3 is 10.7 Å². The van der Waals surface area contributed by atoms with E-state index < -0.39 is 0 Å². The quantitative estimate of drug-likeness (QED) is 0.631. The van der Waals surface area contributed by atoms with Crippen molar-refractivity contribution in [3.63, 3.8) is 0 Å². The number of nitrogens with one attached hydrogen (secondary N) is 2. The van der Waals surface area contributed by atoms with Crippen LogP contribution in [0.2, 0.25) is 0 Å². The third-order valence-electron chi connectivity index (χ3n) is 3.91. The lowest BCUT2D eigenvalue weighted by Crippen LogP contribution is -2.32. The molecule has 1 aliphatic heterocycles. The van der Waals surface area contributed by atoms with Gasteiger partial charge in [0.15, 0.2) is 0 Å². The van der Waals surface area contributed by atoms with Gasteiger partial charge in [-0.1, -0.05) is 19.9 Å². The minimum absolute atomic E-state index is 0.119. The minimum atomic E-state index is -0.378. The molecular formula is C15H21N3O. The highest BCUT2D eigenvalue weighted by atomic mass is 16.2. The monoisotopic (exact) mass is 259 g/mol. The first-order valence-electron chi connectivity index (χ1n) is 6.89. The first-order valence-corrected chi connectivity index (χ1v) is 6.89. The van der Waals surface area contributed by atoms with Crippen molar-refractivity contribution in [2.24, 2.45) is 5.10 Å². The Bertz CT molecular complexity index is 504. The number of hydrogen-bond acceptors (Lipinski definition) is 3. The second-order valence-corrected chi connectivity index (χ2v) is 4.82. The molecule has 1 aromatic rings. The molecule has 1 aromatic carbocycles. The number of carbonyl (C=O) groups is 1. The molecule has 0 saturated carbocycles. The number of nitrogens with zero attached hydrogens (tertiary/aromatic N) is 1. The van der Waals surface area contributed by atoms with E-state index in [2.05, 4.69) is 35.8 Å². The zero-order valence-electron chi connectivity index (χ0n) is 11.8. The lowest BCUT2D eigenvalue weighted by molar-refractivity contribution is -0.121. The van der Waals surface area contributed by atoms with Crippen LogP contribution < -0.4 is 10.7 Å². The van der Waals surface area contributed by atoms with Crippen LogP contribution in [0, 0.1) is 0 Å². The van der Waals surface area contributed by atoms with Gasteiger partial charge in [0.1, 0.15) is 0 Å². The highest BCUT2D eigenvalue weighted by Crippen LogP contribution is 2.42. The lowest BCUT2D eigenvalue weighted by Gasteiger charge is -2.24. The fourth-order valence-electron chi connectivity index (χ4n) is 2.67. The summed E-state index contributed by atoms with van der Waals surface area (Å²) in [7, 11) is 0. The third-order valence-corrected chi connectivity index (χ3v) is 3.91. The van der Waals surface area contributed by atoms with Gasteiger partial charge in [-0.25, -0.2) is 0 Å². The van der Waals surface area contributed by atoms with Gasteiger partial charge in [0.05, 0.1) is 11.6 Å². The molecule has 0 aliphatic carbocycles. The number of fused-ring (bicyclic) bond motifs is 1. The molecular weight excluding hydrogens is 238 g/mol. The number of anilines is 1. The molecule has 4 heteroatoms. The van der Waals surface area contributed by atoms with Gasteiger partial charge in [0.25, 0.3) is 0 Å². The largest absolute Gasteiger partial charge is 0.325 e. The van der Waals surface area contributed by atoms with Crippen molar-refractivity contribution in [3.8, 4) is 0 Å². The molecule has 1 amide bonds. The van der Waals surface area contributed by atoms with Crippen LogP contribution in [0.1, 0.15) is 44.7 Å². The number of carbonyl (C=O) groups excluding carboxylic acids is 1. The number of hydrogen-bond donors (Lipinski definition) is 2. The average Bonchev–Trinajstić information content (AvgIpc) is 2.71. The molecule has 0 aromatic heterocycles. The van der Waals surface area contributed by atoms with Crippen molar-refractivity contribution >= 4 is 17.8 Å². The Morgan fingerprint density at radius 2 is 2.05 bits per heavy atom. The van der Waals surface area contributed by atoms with Crippen LogP contribution in [0.3, 0.4) is 0 Å². The van der Waals surface area contributed by atoms with Crippen molar-refractivity contribution in [2.75, 3.05) is 11.9 Å².